The van der Waals surface area contributed by atoms with Gasteiger partial charge in [-0.1, -0.05) is 30.3 Å². The number of methoxy groups -OCH3 is 2. The van der Waals surface area contributed by atoms with Gasteiger partial charge in [-0.2, -0.15) is 0 Å². The molecule has 2 heterocycles. The van der Waals surface area contributed by atoms with Gasteiger partial charge in [-0.3, -0.25) is 0 Å². The number of hydrogen-bond donors (Lipinski definition) is 1. The molecule has 2 aliphatic rings. The van der Waals surface area contributed by atoms with Crippen LogP contribution in [-0.4, -0.2) is 62.7 Å². The Hall–Kier alpha value is -2.20. The zero-order valence-electron chi connectivity index (χ0n) is 17.7. The lowest BCUT2D eigenvalue weighted by Gasteiger charge is -2.24. The maximum absolute atomic E-state index is 12.2. The van der Waals surface area contributed by atoms with Crippen molar-refractivity contribution >= 4 is 12.1 Å². The SMILES string of the molecule is COC(=O)C(CC[C@H]1O[C@@H](OC)[C@@H]2OC(C)(C)O[C@@H]21)NC(=O)OCc1ccccc1. The fraction of sp³-hybridized carbons (Fsp3) is 0.619. The summed E-state index contributed by atoms with van der Waals surface area (Å²) in [5.41, 5.74) is 0.847. The number of hydrogen-bond acceptors (Lipinski definition) is 8. The van der Waals surface area contributed by atoms with Crippen LogP contribution in [0.4, 0.5) is 4.79 Å². The Labute approximate surface area is 175 Å². The van der Waals surface area contributed by atoms with E-state index in [9.17, 15) is 9.59 Å². The molecular weight excluding hydrogens is 394 g/mol. The van der Waals surface area contributed by atoms with Crippen LogP contribution in [-0.2, 0) is 39.8 Å². The highest BCUT2D eigenvalue weighted by Crippen LogP contribution is 2.40. The quantitative estimate of drug-likeness (QED) is 0.635. The lowest BCUT2D eigenvalue weighted by molar-refractivity contribution is -0.227. The standard InChI is InChI=1S/C21H29NO8/c1-21(2)29-16-15(28-19(26-4)17(16)30-21)11-10-14(18(23)25-3)22-20(24)27-12-13-8-6-5-7-9-13/h5-9,14-17,19H,10-12H2,1-4H3,(H,22,24)/t14?,15-,16-,17-,19-/m1/s1. The summed E-state index contributed by atoms with van der Waals surface area (Å²) in [6.45, 7) is 3.76. The molecular formula is C21H29NO8. The molecule has 1 N–H and O–H groups in total. The molecule has 1 amide bonds. The first-order chi connectivity index (χ1) is 14.3. The molecule has 2 saturated heterocycles. The molecule has 0 aliphatic carbocycles. The van der Waals surface area contributed by atoms with Crippen molar-refractivity contribution in [1.82, 2.24) is 5.32 Å². The van der Waals surface area contributed by atoms with Crippen LogP contribution in [0.25, 0.3) is 0 Å². The van der Waals surface area contributed by atoms with Crippen molar-refractivity contribution in [2.45, 2.75) is 69.7 Å². The van der Waals surface area contributed by atoms with E-state index in [1.807, 2.05) is 44.2 Å². The van der Waals surface area contributed by atoms with Gasteiger partial charge in [-0.25, -0.2) is 9.59 Å². The Morgan fingerprint density at radius 1 is 1.13 bits per heavy atom. The van der Waals surface area contributed by atoms with Crippen LogP contribution >= 0.6 is 0 Å². The summed E-state index contributed by atoms with van der Waals surface area (Å²) >= 11 is 0. The van der Waals surface area contributed by atoms with Gasteiger partial charge in [0.05, 0.1) is 13.2 Å². The zero-order valence-corrected chi connectivity index (χ0v) is 17.7. The largest absolute Gasteiger partial charge is 0.467 e. The van der Waals surface area contributed by atoms with Crippen LogP contribution in [0, 0.1) is 0 Å². The van der Waals surface area contributed by atoms with Crippen molar-refractivity contribution in [2.24, 2.45) is 0 Å². The molecule has 0 radical (unpaired) electrons. The lowest BCUT2D eigenvalue weighted by atomic mass is 10.0. The van der Waals surface area contributed by atoms with E-state index < -0.39 is 30.2 Å². The molecule has 166 valence electrons. The van der Waals surface area contributed by atoms with Crippen LogP contribution in [0.1, 0.15) is 32.3 Å². The van der Waals surface area contributed by atoms with E-state index in [2.05, 4.69) is 5.32 Å². The predicted molar refractivity (Wildman–Crippen MR) is 104 cm³/mol. The maximum atomic E-state index is 12.2. The van der Waals surface area contributed by atoms with Crippen molar-refractivity contribution in [1.29, 1.82) is 0 Å². The summed E-state index contributed by atoms with van der Waals surface area (Å²) in [5.74, 6) is -1.30. The molecule has 0 bridgehead atoms. The van der Waals surface area contributed by atoms with Gasteiger partial charge in [0.1, 0.15) is 24.9 Å². The van der Waals surface area contributed by atoms with Crippen LogP contribution in [0.15, 0.2) is 30.3 Å². The molecule has 2 fully saturated rings. The van der Waals surface area contributed by atoms with Gasteiger partial charge < -0.3 is 33.7 Å². The number of rotatable bonds is 8. The maximum Gasteiger partial charge on any atom is 0.408 e. The Morgan fingerprint density at radius 3 is 2.50 bits per heavy atom. The molecule has 1 unspecified atom stereocenters. The van der Waals surface area contributed by atoms with Crippen LogP contribution < -0.4 is 5.32 Å². The van der Waals surface area contributed by atoms with Crippen molar-refractivity contribution in [2.75, 3.05) is 14.2 Å². The minimum Gasteiger partial charge on any atom is -0.467 e. The van der Waals surface area contributed by atoms with Crippen LogP contribution in [0.2, 0.25) is 0 Å². The fourth-order valence-electron chi connectivity index (χ4n) is 3.69. The minimum absolute atomic E-state index is 0.103. The Kier molecular flexibility index (Phi) is 7.30. The number of carbonyl (C=O) groups excluding carboxylic acids is 2. The second-order valence-corrected chi connectivity index (χ2v) is 7.70. The van der Waals surface area contributed by atoms with Crippen molar-refractivity contribution in [3.05, 3.63) is 35.9 Å². The van der Waals surface area contributed by atoms with Gasteiger partial charge in [0.2, 0.25) is 0 Å². The summed E-state index contributed by atoms with van der Waals surface area (Å²) in [4.78, 5) is 24.3. The minimum atomic E-state index is -0.878. The summed E-state index contributed by atoms with van der Waals surface area (Å²) in [6.07, 6.45) is -1.57. The first-order valence-corrected chi connectivity index (χ1v) is 9.92. The number of carbonyl (C=O) groups is 2. The average Bonchev–Trinajstić information content (AvgIpc) is 3.22. The molecule has 0 spiro atoms. The second kappa shape index (κ2) is 9.74. The molecule has 0 aromatic heterocycles. The molecule has 5 atom stereocenters. The molecule has 1 aromatic carbocycles. The van der Waals surface area contributed by atoms with Gasteiger partial charge in [0, 0.05) is 7.11 Å². The molecule has 9 nitrogen and oxygen atoms in total. The Balaban J connectivity index is 1.54. The number of amides is 1. The number of ether oxygens (including phenoxy) is 6. The molecule has 3 rings (SSSR count). The molecule has 30 heavy (non-hydrogen) atoms. The first kappa shape index (κ1) is 22.5. The summed E-state index contributed by atoms with van der Waals surface area (Å²) < 4.78 is 33.1. The third-order valence-corrected chi connectivity index (χ3v) is 5.07. The number of esters is 1. The van der Waals surface area contributed by atoms with Gasteiger partial charge in [0.15, 0.2) is 12.1 Å². The topological polar surface area (TPSA) is 102 Å². The van der Waals surface area contributed by atoms with Crippen molar-refractivity contribution in [3.8, 4) is 0 Å². The predicted octanol–water partition coefficient (Wildman–Crippen LogP) is 2.13. The molecule has 2 aliphatic heterocycles. The number of fused-ring (bicyclic) bond motifs is 1. The van der Waals surface area contributed by atoms with Crippen LogP contribution in [0.3, 0.4) is 0 Å². The third-order valence-electron chi connectivity index (χ3n) is 5.07. The molecule has 1 aromatic rings. The summed E-state index contributed by atoms with van der Waals surface area (Å²) in [5, 5.41) is 2.57. The van der Waals surface area contributed by atoms with E-state index in [-0.39, 0.29) is 31.3 Å². The van der Waals surface area contributed by atoms with E-state index >= 15 is 0 Å². The highest BCUT2D eigenvalue weighted by Gasteiger charge is 2.55. The highest BCUT2D eigenvalue weighted by molar-refractivity contribution is 5.81. The van der Waals surface area contributed by atoms with Gasteiger partial charge in [-0.15, -0.1) is 0 Å². The monoisotopic (exact) mass is 423 g/mol. The normalized spacial score (nSPS) is 27.9. The smallest absolute Gasteiger partial charge is 0.408 e. The van der Waals surface area contributed by atoms with Gasteiger partial charge in [0.25, 0.3) is 0 Å². The summed E-state index contributed by atoms with van der Waals surface area (Å²) in [7, 11) is 2.81. The average molecular weight is 423 g/mol. The second-order valence-electron chi connectivity index (χ2n) is 7.70. The van der Waals surface area contributed by atoms with E-state index in [0.717, 1.165) is 5.56 Å². The fourth-order valence-corrected chi connectivity index (χ4v) is 3.69. The van der Waals surface area contributed by atoms with E-state index in [1.165, 1.54) is 7.11 Å². The van der Waals surface area contributed by atoms with Crippen molar-refractivity contribution in [3.63, 3.8) is 0 Å². The van der Waals surface area contributed by atoms with E-state index in [1.54, 1.807) is 7.11 Å². The Morgan fingerprint density at radius 2 is 1.83 bits per heavy atom. The zero-order chi connectivity index (χ0) is 21.7. The van der Waals surface area contributed by atoms with E-state index in [4.69, 9.17) is 28.4 Å². The first-order valence-electron chi connectivity index (χ1n) is 9.92. The van der Waals surface area contributed by atoms with Crippen molar-refractivity contribution < 1.29 is 38.0 Å². The Bertz CT molecular complexity index is 725. The number of alkyl carbamates (subject to hydrolysis) is 1. The lowest BCUT2D eigenvalue weighted by Crippen LogP contribution is -2.42. The number of nitrogens with one attached hydrogen (secondary N) is 1. The van der Waals surface area contributed by atoms with Crippen LogP contribution in [0.5, 0.6) is 0 Å². The highest BCUT2D eigenvalue weighted by atomic mass is 16.8. The summed E-state index contributed by atoms with van der Waals surface area (Å²) in [6, 6.07) is 8.39. The number of benzene rings is 1. The van der Waals surface area contributed by atoms with Gasteiger partial charge in [-0.05, 0) is 32.3 Å². The third kappa shape index (κ3) is 5.48. The van der Waals surface area contributed by atoms with Gasteiger partial charge >= 0.3 is 12.1 Å². The van der Waals surface area contributed by atoms with E-state index in [0.29, 0.717) is 6.42 Å². The molecule has 0 saturated carbocycles. The molecule has 9 heteroatoms.